The van der Waals surface area contributed by atoms with Crippen LogP contribution in [0.5, 0.6) is 11.5 Å². The summed E-state index contributed by atoms with van der Waals surface area (Å²) in [7, 11) is 1.72. The van der Waals surface area contributed by atoms with Gasteiger partial charge in [-0.15, -0.1) is 0 Å². The number of anilines is 1. The van der Waals surface area contributed by atoms with Crippen LogP contribution < -0.4 is 19.7 Å². The lowest BCUT2D eigenvalue weighted by Crippen LogP contribution is -2.47. The van der Waals surface area contributed by atoms with Gasteiger partial charge in [0.1, 0.15) is 11.5 Å². The van der Waals surface area contributed by atoms with Gasteiger partial charge in [-0.05, 0) is 49.7 Å². The number of carbonyl (C=O) groups is 1. The summed E-state index contributed by atoms with van der Waals surface area (Å²) in [6.07, 6.45) is 1.37. The molecule has 0 unspecified atom stereocenters. The molecule has 6 nitrogen and oxygen atoms in total. The van der Waals surface area contributed by atoms with Crippen LogP contribution in [0, 0.1) is 0 Å². The highest BCUT2D eigenvalue weighted by Gasteiger charge is 2.19. The summed E-state index contributed by atoms with van der Waals surface area (Å²) in [5.41, 5.74) is 2.17. The Morgan fingerprint density at radius 3 is 2.47 bits per heavy atom. The maximum atomic E-state index is 12.2. The Morgan fingerprint density at radius 2 is 1.77 bits per heavy atom. The zero-order valence-corrected chi connectivity index (χ0v) is 18.1. The lowest BCUT2D eigenvalue weighted by Gasteiger charge is -2.36. The smallest absolute Gasteiger partial charge is 0.224 e. The maximum Gasteiger partial charge on any atom is 0.224 e. The van der Waals surface area contributed by atoms with Crippen LogP contribution in [0.15, 0.2) is 48.5 Å². The van der Waals surface area contributed by atoms with Crippen molar-refractivity contribution in [1.29, 1.82) is 0 Å². The Labute approximate surface area is 179 Å². The zero-order valence-electron chi connectivity index (χ0n) is 18.1. The molecule has 0 bridgehead atoms. The number of carbonyl (C=O) groups excluding carboxylic acids is 1. The molecule has 0 radical (unpaired) electrons. The molecule has 2 aromatic carbocycles. The normalized spacial score (nSPS) is 14.4. The number of hydrogen-bond acceptors (Lipinski definition) is 5. The second-order valence-electron chi connectivity index (χ2n) is 7.46. The van der Waals surface area contributed by atoms with Crippen molar-refractivity contribution >= 4 is 11.6 Å². The summed E-state index contributed by atoms with van der Waals surface area (Å²) in [5, 5.41) is 3.04. The maximum absolute atomic E-state index is 12.2. The Hall–Kier alpha value is -2.73. The number of hydrogen-bond donors (Lipinski definition) is 1. The number of nitrogens with one attached hydrogen (secondary N) is 1. The largest absolute Gasteiger partial charge is 0.495 e. The minimum atomic E-state index is 0.0696. The van der Waals surface area contributed by atoms with Gasteiger partial charge >= 0.3 is 0 Å². The van der Waals surface area contributed by atoms with E-state index in [2.05, 4.69) is 27.2 Å². The van der Waals surface area contributed by atoms with Crippen LogP contribution >= 0.6 is 0 Å². The van der Waals surface area contributed by atoms with Crippen LogP contribution in [-0.4, -0.2) is 63.8 Å². The first kappa shape index (κ1) is 22.0. The van der Waals surface area contributed by atoms with E-state index in [1.807, 2.05) is 43.3 Å². The second-order valence-corrected chi connectivity index (χ2v) is 7.46. The molecule has 1 aliphatic heterocycles. The fraction of sp³-hybridized carbons (Fsp3) is 0.458. The predicted octanol–water partition coefficient (Wildman–Crippen LogP) is 2.96. The average molecular weight is 412 g/mol. The fourth-order valence-electron chi connectivity index (χ4n) is 3.75. The molecule has 0 aliphatic carbocycles. The molecule has 1 saturated heterocycles. The quantitative estimate of drug-likeness (QED) is 0.609. The summed E-state index contributed by atoms with van der Waals surface area (Å²) in [4.78, 5) is 17.0. The van der Waals surface area contributed by atoms with Crippen LogP contribution in [0.3, 0.4) is 0 Å². The summed E-state index contributed by atoms with van der Waals surface area (Å²) < 4.78 is 10.9. The molecule has 0 saturated carbocycles. The van der Waals surface area contributed by atoms with Crippen molar-refractivity contribution in [1.82, 2.24) is 10.2 Å². The number of ether oxygens (including phenoxy) is 2. The minimum Gasteiger partial charge on any atom is -0.495 e. The predicted molar refractivity (Wildman–Crippen MR) is 121 cm³/mol. The number of amides is 1. The monoisotopic (exact) mass is 411 g/mol. The highest BCUT2D eigenvalue weighted by molar-refractivity contribution is 5.78. The molecular weight excluding hydrogens is 378 g/mol. The molecule has 162 valence electrons. The molecule has 3 rings (SSSR count). The van der Waals surface area contributed by atoms with E-state index in [1.54, 1.807) is 7.11 Å². The first-order valence-corrected chi connectivity index (χ1v) is 10.8. The molecule has 1 N–H and O–H groups in total. The number of nitrogens with zero attached hydrogens (tertiary/aromatic N) is 2. The van der Waals surface area contributed by atoms with Crippen LogP contribution in [0.4, 0.5) is 5.69 Å². The number of piperazine rings is 1. The lowest BCUT2D eigenvalue weighted by molar-refractivity contribution is -0.120. The van der Waals surface area contributed by atoms with E-state index in [1.165, 1.54) is 5.69 Å². The SMILES string of the molecule is CCOc1ccc(CC(=O)NCCCN2CCN(c3ccccc3OC)CC2)cc1. The Bertz CT molecular complexity index is 787. The summed E-state index contributed by atoms with van der Waals surface area (Å²) in [5.74, 6) is 1.84. The summed E-state index contributed by atoms with van der Waals surface area (Å²) >= 11 is 0. The molecule has 1 aliphatic rings. The standard InChI is InChI=1S/C24H33N3O3/c1-3-30-21-11-9-20(10-12-21)19-24(28)25-13-6-14-26-15-17-27(18-16-26)22-7-4-5-8-23(22)29-2/h4-5,7-12H,3,6,13-19H2,1-2H3,(H,25,28). The highest BCUT2D eigenvalue weighted by atomic mass is 16.5. The van der Waals surface area contributed by atoms with E-state index in [0.29, 0.717) is 19.6 Å². The van der Waals surface area contributed by atoms with Crippen molar-refractivity contribution in [2.75, 3.05) is 57.9 Å². The van der Waals surface area contributed by atoms with Crippen molar-refractivity contribution in [3.05, 3.63) is 54.1 Å². The second kappa shape index (κ2) is 11.5. The van der Waals surface area contributed by atoms with Gasteiger partial charge in [-0.2, -0.15) is 0 Å². The topological polar surface area (TPSA) is 54.0 Å². The van der Waals surface area contributed by atoms with Gasteiger partial charge in [-0.3, -0.25) is 9.69 Å². The highest BCUT2D eigenvalue weighted by Crippen LogP contribution is 2.28. The van der Waals surface area contributed by atoms with Crippen molar-refractivity contribution in [3.63, 3.8) is 0 Å². The first-order chi connectivity index (χ1) is 14.7. The van der Waals surface area contributed by atoms with Crippen LogP contribution in [0.2, 0.25) is 0 Å². The molecule has 2 aromatic rings. The number of rotatable bonds is 10. The number of methoxy groups -OCH3 is 1. The Balaban J connectivity index is 1.32. The average Bonchev–Trinajstić information content (AvgIpc) is 2.78. The van der Waals surface area contributed by atoms with Crippen LogP contribution in [0.25, 0.3) is 0 Å². The minimum absolute atomic E-state index is 0.0696. The van der Waals surface area contributed by atoms with Gasteiger partial charge in [-0.25, -0.2) is 0 Å². The molecule has 1 heterocycles. The van der Waals surface area contributed by atoms with Crippen molar-refractivity contribution < 1.29 is 14.3 Å². The molecular formula is C24H33N3O3. The van der Waals surface area contributed by atoms with Gasteiger partial charge in [0, 0.05) is 32.7 Å². The third-order valence-corrected chi connectivity index (χ3v) is 5.37. The van der Waals surface area contributed by atoms with Gasteiger partial charge in [-0.1, -0.05) is 24.3 Å². The van der Waals surface area contributed by atoms with Gasteiger partial charge in [0.05, 0.1) is 25.8 Å². The van der Waals surface area contributed by atoms with Gasteiger partial charge < -0.3 is 19.7 Å². The van der Waals surface area contributed by atoms with Gasteiger partial charge in [0.25, 0.3) is 0 Å². The van der Waals surface area contributed by atoms with E-state index >= 15 is 0 Å². The lowest BCUT2D eigenvalue weighted by atomic mass is 10.1. The fourth-order valence-corrected chi connectivity index (χ4v) is 3.75. The molecule has 0 spiro atoms. The van der Waals surface area contributed by atoms with E-state index < -0.39 is 0 Å². The molecule has 1 fully saturated rings. The Morgan fingerprint density at radius 1 is 1.03 bits per heavy atom. The molecule has 0 aromatic heterocycles. The van der Waals surface area contributed by atoms with Gasteiger partial charge in [0.15, 0.2) is 0 Å². The Kier molecular flexibility index (Phi) is 8.39. The van der Waals surface area contributed by atoms with Crippen molar-refractivity contribution in [2.45, 2.75) is 19.8 Å². The van der Waals surface area contributed by atoms with Crippen molar-refractivity contribution in [2.24, 2.45) is 0 Å². The number of benzene rings is 2. The molecule has 0 atom stereocenters. The van der Waals surface area contributed by atoms with E-state index in [0.717, 1.165) is 56.2 Å². The zero-order chi connectivity index (χ0) is 21.2. The first-order valence-electron chi connectivity index (χ1n) is 10.8. The third kappa shape index (κ3) is 6.39. The van der Waals surface area contributed by atoms with E-state index in [9.17, 15) is 4.79 Å². The van der Waals surface area contributed by atoms with Gasteiger partial charge in [0.2, 0.25) is 5.91 Å². The number of para-hydroxylation sites is 2. The van der Waals surface area contributed by atoms with Crippen LogP contribution in [-0.2, 0) is 11.2 Å². The summed E-state index contributed by atoms with van der Waals surface area (Å²) in [6.45, 7) is 8.36. The van der Waals surface area contributed by atoms with E-state index in [4.69, 9.17) is 9.47 Å². The summed E-state index contributed by atoms with van der Waals surface area (Å²) in [6, 6.07) is 15.9. The molecule has 30 heavy (non-hydrogen) atoms. The molecule has 6 heteroatoms. The van der Waals surface area contributed by atoms with Crippen molar-refractivity contribution in [3.8, 4) is 11.5 Å². The third-order valence-electron chi connectivity index (χ3n) is 5.37. The van der Waals surface area contributed by atoms with Crippen LogP contribution in [0.1, 0.15) is 18.9 Å². The van der Waals surface area contributed by atoms with E-state index in [-0.39, 0.29) is 5.91 Å². The molecule has 1 amide bonds.